The van der Waals surface area contributed by atoms with Crippen LogP contribution < -0.4 is 5.32 Å². The van der Waals surface area contributed by atoms with E-state index in [0.29, 0.717) is 6.61 Å². The number of imidazole rings is 1. The van der Waals surface area contributed by atoms with Crippen LogP contribution in [0.15, 0.2) is 0 Å². The molecule has 6 heteroatoms. The van der Waals surface area contributed by atoms with E-state index >= 15 is 0 Å². The van der Waals surface area contributed by atoms with Gasteiger partial charge in [0.1, 0.15) is 11.4 Å². The largest absolute Gasteiger partial charge is 0.444 e. The van der Waals surface area contributed by atoms with Gasteiger partial charge in [0.05, 0.1) is 30.1 Å². The second kappa shape index (κ2) is 6.15. The molecule has 2 heterocycles. The molecule has 0 bridgehead atoms. The number of rotatable bonds is 3. The van der Waals surface area contributed by atoms with E-state index in [1.165, 1.54) is 0 Å². The topological polar surface area (TPSA) is 76.2 Å². The minimum atomic E-state index is -0.524. The first-order chi connectivity index (χ1) is 10.4. The molecule has 1 aliphatic heterocycles. The van der Waals surface area contributed by atoms with Crippen LogP contribution in [-0.2, 0) is 16.1 Å². The Morgan fingerprint density at radius 2 is 2.04 bits per heavy atom. The highest BCUT2D eigenvalue weighted by atomic mass is 16.6. The monoisotopic (exact) mass is 323 g/mol. The average molecular weight is 323 g/mol. The summed E-state index contributed by atoms with van der Waals surface area (Å²) in [5.41, 5.74) is 1.45. The number of carbonyl (C=O) groups is 1. The van der Waals surface area contributed by atoms with Crippen LogP contribution in [0.4, 0.5) is 4.79 Å². The van der Waals surface area contributed by atoms with Crippen LogP contribution in [0.25, 0.3) is 0 Å². The first kappa shape index (κ1) is 17.8. The molecule has 2 unspecified atom stereocenters. The number of hydrogen-bond donors (Lipinski definition) is 2. The Morgan fingerprint density at radius 1 is 1.39 bits per heavy atom. The minimum absolute atomic E-state index is 0.00758. The van der Waals surface area contributed by atoms with Crippen molar-refractivity contribution < 1.29 is 14.3 Å². The number of nitrogens with one attached hydrogen (secondary N) is 2. The van der Waals surface area contributed by atoms with Gasteiger partial charge in [-0.2, -0.15) is 0 Å². The zero-order chi connectivity index (χ0) is 17.4. The summed E-state index contributed by atoms with van der Waals surface area (Å²) >= 11 is 0. The number of amides is 1. The Bertz CT molecular complexity index is 567. The van der Waals surface area contributed by atoms with E-state index in [1.807, 2.05) is 27.7 Å². The van der Waals surface area contributed by atoms with E-state index in [1.54, 1.807) is 0 Å². The van der Waals surface area contributed by atoms with Crippen molar-refractivity contribution in [3.8, 4) is 0 Å². The van der Waals surface area contributed by atoms with Gasteiger partial charge in [-0.3, -0.25) is 0 Å². The fraction of sp³-hybridized carbons (Fsp3) is 0.765. The zero-order valence-electron chi connectivity index (χ0n) is 15.2. The quantitative estimate of drug-likeness (QED) is 0.881. The summed E-state index contributed by atoms with van der Waals surface area (Å²) in [4.78, 5) is 20.1. The van der Waals surface area contributed by atoms with Gasteiger partial charge in [-0.15, -0.1) is 0 Å². The van der Waals surface area contributed by atoms with Crippen molar-refractivity contribution in [2.45, 2.75) is 79.2 Å². The third kappa shape index (κ3) is 4.96. The molecule has 1 aromatic rings. The molecule has 2 atom stereocenters. The van der Waals surface area contributed by atoms with Gasteiger partial charge in [0.15, 0.2) is 0 Å². The van der Waals surface area contributed by atoms with Gasteiger partial charge in [0, 0.05) is 0 Å². The van der Waals surface area contributed by atoms with Gasteiger partial charge in [-0.05, 0) is 39.5 Å². The molecule has 23 heavy (non-hydrogen) atoms. The first-order valence-corrected chi connectivity index (χ1v) is 8.14. The molecule has 2 rings (SSSR count). The second-order valence-corrected chi connectivity index (χ2v) is 8.40. The number of ether oxygens (including phenoxy) is 2. The van der Waals surface area contributed by atoms with Gasteiger partial charge in [-0.1, -0.05) is 20.8 Å². The molecule has 0 aliphatic carbocycles. The van der Waals surface area contributed by atoms with Crippen molar-refractivity contribution in [1.29, 1.82) is 0 Å². The molecule has 1 amide bonds. The summed E-state index contributed by atoms with van der Waals surface area (Å²) < 4.78 is 10.9. The Labute approximate surface area is 138 Å². The van der Waals surface area contributed by atoms with E-state index in [4.69, 9.17) is 9.47 Å². The Balaban J connectivity index is 2.18. The molecular formula is C17H29N3O3. The number of aromatic nitrogens is 2. The van der Waals surface area contributed by atoms with Crippen molar-refractivity contribution in [2.75, 3.05) is 0 Å². The Morgan fingerprint density at radius 3 is 2.57 bits per heavy atom. The van der Waals surface area contributed by atoms with Crippen LogP contribution >= 0.6 is 0 Å². The zero-order valence-corrected chi connectivity index (χ0v) is 15.2. The molecule has 1 aliphatic rings. The van der Waals surface area contributed by atoms with Gasteiger partial charge < -0.3 is 19.8 Å². The lowest BCUT2D eigenvalue weighted by Crippen LogP contribution is -2.36. The molecule has 2 N–H and O–H groups in total. The number of fused-ring (bicyclic) bond motifs is 1. The molecule has 0 aromatic carbocycles. The standard InChI is InChI=1S/C17H29N3O3/c1-10-13-12(9-22-10)18-14(20-13)11(8-16(2,3)4)19-15(21)23-17(5,6)7/h10-11H,8-9H2,1-7H3,(H,18,20)(H,19,21). The summed E-state index contributed by atoms with van der Waals surface area (Å²) in [6.07, 6.45) is 0.327. The maximum absolute atomic E-state index is 12.2. The molecule has 130 valence electrons. The highest BCUT2D eigenvalue weighted by Gasteiger charge is 2.30. The van der Waals surface area contributed by atoms with E-state index < -0.39 is 11.7 Å². The van der Waals surface area contributed by atoms with E-state index in [0.717, 1.165) is 23.6 Å². The molecule has 0 saturated carbocycles. The summed E-state index contributed by atoms with van der Waals surface area (Å²) in [7, 11) is 0. The predicted molar refractivity (Wildman–Crippen MR) is 88.0 cm³/mol. The Kier molecular flexibility index (Phi) is 4.76. The summed E-state index contributed by atoms with van der Waals surface area (Å²) in [6.45, 7) is 14.5. The van der Waals surface area contributed by atoms with Crippen LogP contribution in [0.5, 0.6) is 0 Å². The lowest BCUT2D eigenvalue weighted by molar-refractivity contribution is 0.0487. The fourth-order valence-electron chi connectivity index (χ4n) is 2.62. The SMILES string of the molecule is CC1OCc2[nH]c(C(CC(C)(C)C)NC(=O)OC(C)(C)C)nc21. The van der Waals surface area contributed by atoms with Crippen LogP contribution in [0.1, 0.15) is 84.2 Å². The van der Waals surface area contributed by atoms with Crippen molar-refractivity contribution in [2.24, 2.45) is 5.41 Å². The summed E-state index contributed by atoms with van der Waals surface area (Å²) in [5.74, 6) is 0.769. The second-order valence-electron chi connectivity index (χ2n) is 8.40. The van der Waals surface area contributed by atoms with Crippen LogP contribution in [0.3, 0.4) is 0 Å². The van der Waals surface area contributed by atoms with Crippen molar-refractivity contribution >= 4 is 6.09 Å². The van der Waals surface area contributed by atoms with Crippen LogP contribution in [0.2, 0.25) is 0 Å². The highest BCUT2D eigenvalue weighted by Crippen LogP contribution is 2.33. The maximum atomic E-state index is 12.2. The van der Waals surface area contributed by atoms with Crippen molar-refractivity contribution in [3.63, 3.8) is 0 Å². The fourth-order valence-corrected chi connectivity index (χ4v) is 2.62. The number of alkyl carbamates (subject to hydrolysis) is 1. The third-order valence-electron chi connectivity index (χ3n) is 3.53. The van der Waals surface area contributed by atoms with E-state index in [9.17, 15) is 4.79 Å². The van der Waals surface area contributed by atoms with E-state index in [2.05, 4.69) is 36.1 Å². The van der Waals surface area contributed by atoms with Crippen molar-refractivity contribution in [3.05, 3.63) is 17.2 Å². The van der Waals surface area contributed by atoms with Crippen LogP contribution in [0, 0.1) is 5.41 Å². The molecule has 1 aromatic heterocycles. The summed E-state index contributed by atoms with van der Waals surface area (Å²) in [5, 5.41) is 2.95. The molecule has 0 spiro atoms. The minimum Gasteiger partial charge on any atom is -0.444 e. The first-order valence-electron chi connectivity index (χ1n) is 8.14. The number of aromatic amines is 1. The number of carbonyl (C=O) groups excluding carboxylic acids is 1. The third-order valence-corrected chi connectivity index (χ3v) is 3.53. The van der Waals surface area contributed by atoms with Gasteiger partial charge in [0.2, 0.25) is 0 Å². The highest BCUT2D eigenvalue weighted by molar-refractivity contribution is 5.68. The van der Waals surface area contributed by atoms with Gasteiger partial charge in [-0.25, -0.2) is 9.78 Å². The molecule has 0 radical (unpaired) electrons. The lowest BCUT2D eigenvalue weighted by Gasteiger charge is -2.27. The number of nitrogens with zero attached hydrogens (tertiary/aromatic N) is 1. The van der Waals surface area contributed by atoms with Gasteiger partial charge >= 0.3 is 6.09 Å². The molecule has 0 fully saturated rings. The molecule has 0 saturated heterocycles. The Hall–Kier alpha value is -1.56. The van der Waals surface area contributed by atoms with Crippen molar-refractivity contribution in [1.82, 2.24) is 15.3 Å². The van der Waals surface area contributed by atoms with Gasteiger partial charge in [0.25, 0.3) is 0 Å². The van der Waals surface area contributed by atoms with E-state index in [-0.39, 0.29) is 17.6 Å². The van der Waals surface area contributed by atoms with Crippen LogP contribution in [-0.4, -0.2) is 21.7 Å². The lowest BCUT2D eigenvalue weighted by atomic mass is 9.88. The maximum Gasteiger partial charge on any atom is 0.408 e. The molecular weight excluding hydrogens is 294 g/mol. The smallest absolute Gasteiger partial charge is 0.408 e. The predicted octanol–water partition coefficient (Wildman–Crippen LogP) is 4.00. The normalized spacial score (nSPS) is 19.3. The average Bonchev–Trinajstić information content (AvgIpc) is 2.87. The summed E-state index contributed by atoms with van der Waals surface area (Å²) in [6, 6.07) is -0.220. The number of H-pyrrole nitrogens is 1. The molecule has 6 nitrogen and oxygen atoms in total. The number of hydrogen-bond acceptors (Lipinski definition) is 4.